The SMILES string of the molecule is COc1ccc(CN2Cc3nc(-c4c(F)cccc4F)nc(Nc4ccc([C@@H]5CC(C)(C)NC5=O)cc4)c3C2=O)c(OC)c1. The van der Waals surface area contributed by atoms with Gasteiger partial charge in [0.05, 0.1) is 44.5 Å². The number of halogens is 2. The average molecular weight is 600 g/mol. The van der Waals surface area contributed by atoms with Crippen molar-refractivity contribution in [2.75, 3.05) is 19.5 Å². The zero-order valence-electron chi connectivity index (χ0n) is 24.7. The molecule has 226 valence electrons. The van der Waals surface area contributed by atoms with Gasteiger partial charge in [0.15, 0.2) is 5.82 Å². The number of benzene rings is 3. The minimum Gasteiger partial charge on any atom is -0.497 e. The predicted octanol–water partition coefficient (Wildman–Crippen LogP) is 5.72. The summed E-state index contributed by atoms with van der Waals surface area (Å²) in [6.07, 6.45) is 0.666. The van der Waals surface area contributed by atoms with Crippen molar-refractivity contribution in [2.45, 2.75) is 44.8 Å². The van der Waals surface area contributed by atoms with Gasteiger partial charge in [0, 0.05) is 22.9 Å². The van der Waals surface area contributed by atoms with Gasteiger partial charge in [-0.2, -0.15) is 0 Å². The van der Waals surface area contributed by atoms with E-state index in [4.69, 9.17) is 9.47 Å². The van der Waals surface area contributed by atoms with Gasteiger partial charge < -0.3 is 25.0 Å². The molecule has 1 atom stereocenters. The van der Waals surface area contributed by atoms with E-state index in [1.54, 1.807) is 36.3 Å². The molecule has 0 saturated carbocycles. The number of fused-ring (bicyclic) bond motifs is 1. The Morgan fingerprint density at radius 2 is 1.70 bits per heavy atom. The van der Waals surface area contributed by atoms with Crippen LogP contribution in [0, 0.1) is 11.6 Å². The van der Waals surface area contributed by atoms with E-state index < -0.39 is 11.6 Å². The van der Waals surface area contributed by atoms with Gasteiger partial charge in [-0.15, -0.1) is 0 Å². The smallest absolute Gasteiger partial charge is 0.260 e. The van der Waals surface area contributed by atoms with Crippen molar-refractivity contribution in [1.29, 1.82) is 0 Å². The molecule has 0 spiro atoms. The van der Waals surface area contributed by atoms with Gasteiger partial charge in [-0.25, -0.2) is 18.7 Å². The number of aromatic nitrogens is 2. The molecule has 1 aromatic heterocycles. The number of amides is 2. The number of hydrogen-bond donors (Lipinski definition) is 2. The van der Waals surface area contributed by atoms with Crippen LogP contribution < -0.4 is 20.1 Å². The maximum atomic E-state index is 14.8. The molecule has 44 heavy (non-hydrogen) atoms. The number of ether oxygens (including phenoxy) is 2. The standard InChI is InChI=1S/C33H31F2N5O4/c1-33(2)15-22(31(41)39-33)18-8-11-20(12-9-18)36-30-28-25(37-29(38-30)27-23(34)6-5-7-24(27)35)17-40(32(28)42)16-19-10-13-21(43-3)14-26(19)44-4/h5-14,22H,15-17H2,1-4H3,(H,39,41)(H,36,37,38)/t22-/m0/s1. The third-order valence-corrected chi connectivity index (χ3v) is 7.94. The molecule has 3 aromatic carbocycles. The summed E-state index contributed by atoms with van der Waals surface area (Å²) >= 11 is 0. The molecule has 2 N–H and O–H groups in total. The van der Waals surface area contributed by atoms with Crippen molar-refractivity contribution in [2.24, 2.45) is 0 Å². The number of nitrogens with one attached hydrogen (secondary N) is 2. The van der Waals surface area contributed by atoms with Gasteiger partial charge in [-0.05, 0) is 62.2 Å². The minimum atomic E-state index is -0.817. The van der Waals surface area contributed by atoms with Crippen LogP contribution >= 0.6 is 0 Å². The molecule has 6 rings (SSSR count). The van der Waals surface area contributed by atoms with E-state index in [1.807, 2.05) is 32.0 Å². The fraction of sp³-hybridized carbons (Fsp3) is 0.273. The lowest BCUT2D eigenvalue weighted by Crippen LogP contribution is -2.34. The van der Waals surface area contributed by atoms with Crippen molar-refractivity contribution in [3.8, 4) is 22.9 Å². The van der Waals surface area contributed by atoms with E-state index in [-0.39, 0.29) is 59.1 Å². The average Bonchev–Trinajstić information content (AvgIpc) is 3.46. The van der Waals surface area contributed by atoms with Gasteiger partial charge in [0.2, 0.25) is 5.91 Å². The summed E-state index contributed by atoms with van der Waals surface area (Å²) in [7, 11) is 3.09. The Morgan fingerprint density at radius 3 is 2.34 bits per heavy atom. The Morgan fingerprint density at radius 1 is 0.977 bits per heavy atom. The number of anilines is 2. The molecule has 3 heterocycles. The Hall–Kier alpha value is -5.06. The van der Waals surface area contributed by atoms with E-state index in [0.29, 0.717) is 29.3 Å². The van der Waals surface area contributed by atoms with Gasteiger partial charge in [0.25, 0.3) is 5.91 Å². The minimum absolute atomic E-state index is 0.0277. The van der Waals surface area contributed by atoms with Crippen LogP contribution in [0.25, 0.3) is 11.4 Å². The van der Waals surface area contributed by atoms with Crippen molar-refractivity contribution >= 4 is 23.3 Å². The lowest BCUT2D eigenvalue weighted by Gasteiger charge is -2.18. The van der Waals surface area contributed by atoms with Crippen molar-refractivity contribution < 1.29 is 27.8 Å². The summed E-state index contributed by atoms with van der Waals surface area (Å²) < 4.78 is 40.5. The molecular weight excluding hydrogens is 568 g/mol. The van der Waals surface area contributed by atoms with Crippen molar-refractivity contribution in [1.82, 2.24) is 20.2 Å². The van der Waals surface area contributed by atoms with Crippen LogP contribution in [0.1, 0.15) is 53.4 Å². The number of rotatable bonds is 8. The monoisotopic (exact) mass is 599 g/mol. The molecule has 2 aliphatic rings. The second kappa shape index (κ2) is 11.2. The fourth-order valence-electron chi connectivity index (χ4n) is 5.77. The molecule has 2 aliphatic heterocycles. The van der Waals surface area contributed by atoms with Gasteiger partial charge in [-0.3, -0.25) is 9.59 Å². The first-order valence-corrected chi connectivity index (χ1v) is 14.1. The molecule has 9 nitrogen and oxygen atoms in total. The molecule has 11 heteroatoms. The molecule has 4 aromatic rings. The van der Waals surface area contributed by atoms with Crippen LogP contribution in [-0.4, -0.2) is 46.4 Å². The summed E-state index contributed by atoms with van der Waals surface area (Å²) in [6.45, 7) is 4.25. The molecule has 0 bridgehead atoms. The first-order valence-electron chi connectivity index (χ1n) is 14.1. The van der Waals surface area contributed by atoms with Crippen LogP contribution in [-0.2, 0) is 17.9 Å². The van der Waals surface area contributed by atoms with Crippen LogP contribution in [0.5, 0.6) is 11.5 Å². The molecular formula is C33H31F2N5O4. The third kappa shape index (κ3) is 5.41. The van der Waals surface area contributed by atoms with E-state index in [1.165, 1.54) is 13.2 Å². The summed E-state index contributed by atoms with van der Waals surface area (Å²) in [6, 6.07) is 16.1. The van der Waals surface area contributed by atoms with Gasteiger partial charge >= 0.3 is 0 Å². The van der Waals surface area contributed by atoms with Crippen molar-refractivity contribution in [3.05, 3.63) is 94.7 Å². The third-order valence-electron chi connectivity index (χ3n) is 7.94. The Bertz CT molecular complexity index is 1760. The summed E-state index contributed by atoms with van der Waals surface area (Å²) in [5.41, 5.74) is 2.05. The van der Waals surface area contributed by atoms with E-state index in [2.05, 4.69) is 20.6 Å². The Kier molecular flexibility index (Phi) is 7.40. The van der Waals surface area contributed by atoms with Gasteiger partial charge in [0.1, 0.15) is 34.5 Å². The van der Waals surface area contributed by atoms with Crippen LogP contribution in [0.2, 0.25) is 0 Å². The number of nitrogens with zero attached hydrogens (tertiary/aromatic N) is 3. The molecule has 1 fully saturated rings. The number of carbonyl (C=O) groups excluding carboxylic acids is 2. The highest BCUT2D eigenvalue weighted by molar-refractivity contribution is 6.03. The molecule has 0 radical (unpaired) electrons. The lowest BCUT2D eigenvalue weighted by molar-refractivity contribution is -0.120. The number of methoxy groups -OCH3 is 2. The van der Waals surface area contributed by atoms with E-state index in [0.717, 1.165) is 23.3 Å². The second-order valence-corrected chi connectivity index (χ2v) is 11.5. The number of carbonyl (C=O) groups is 2. The van der Waals surface area contributed by atoms with Crippen molar-refractivity contribution in [3.63, 3.8) is 0 Å². The fourth-order valence-corrected chi connectivity index (χ4v) is 5.77. The largest absolute Gasteiger partial charge is 0.497 e. The first-order chi connectivity index (χ1) is 21.1. The van der Waals surface area contributed by atoms with Gasteiger partial charge in [-0.1, -0.05) is 18.2 Å². The molecule has 1 saturated heterocycles. The highest BCUT2D eigenvalue weighted by Gasteiger charge is 2.38. The topological polar surface area (TPSA) is 106 Å². The van der Waals surface area contributed by atoms with E-state index >= 15 is 0 Å². The number of hydrogen-bond acceptors (Lipinski definition) is 7. The quantitative estimate of drug-likeness (QED) is 0.267. The second-order valence-electron chi connectivity index (χ2n) is 11.5. The van der Waals surface area contributed by atoms with Crippen LogP contribution in [0.4, 0.5) is 20.3 Å². The highest BCUT2D eigenvalue weighted by atomic mass is 19.1. The maximum absolute atomic E-state index is 14.8. The zero-order valence-corrected chi connectivity index (χ0v) is 24.7. The molecule has 0 unspecified atom stereocenters. The van der Waals surface area contributed by atoms with E-state index in [9.17, 15) is 18.4 Å². The normalized spacial score (nSPS) is 17.0. The zero-order chi connectivity index (χ0) is 31.2. The Balaban J connectivity index is 1.35. The van der Waals surface area contributed by atoms with Crippen LogP contribution in [0.15, 0.2) is 60.7 Å². The molecule has 2 amide bonds. The lowest BCUT2D eigenvalue weighted by atomic mass is 9.91. The Labute approximate surface area is 253 Å². The first kappa shape index (κ1) is 29.0. The summed E-state index contributed by atoms with van der Waals surface area (Å²) in [5.74, 6) is -1.19. The molecule has 0 aliphatic carbocycles. The highest BCUT2D eigenvalue weighted by Crippen LogP contribution is 2.37. The maximum Gasteiger partial charge on any atom is 0.260 e. The summed E-state index contributed by atoms with van der Waals surface area (Å²) in [4.78, 5) is 36.8. The van der Waals surface area contributed by atoms with Crippen LogP contribution in [0.3, 0.4) is 0 Å². The predicted molar refractivity (Wildman–Crippen MR) is 160 cm³/mol. The summed E-state index contributed by atoms with van der Waals surface area (Å²) in [5, 5.41) is 6.17.